The summed E-state index contributed by atoms with van der Waals surface area (Å²) < 4.78 is 21.1. The maximum Gasteiger partial charge on any atom is 0.233 e. The Bertz CT molecular complexity index is 1030. The number of pyridine rings is 1. The molecule has 0 spiro atoms. The predicted octanol–water partition coefficient (Wildman–Crippen LogP) is 1.01. The second-order valence-electron chi connectivity index (χ2n) is 12.3. The number of rotatable bonds is 8. The van der Waals surface area contributed by atoms with E-state index in [1.54, 1.807) is 18.5 Å². The number of aromatic nitrogens is 1. The Morgan fingerprint density at radius 2 is 1.80 bits per heavy atom. The SMILES string of the molecule is CN1CCN(C(=O)[C@H]2CC[C@@H](Oc3ccncc3NC(=O)C(C(N)N)C3NCC(F)C(C4CCCC4)N3)CC2)CC1. The van der Waals surface area contributed by atoms with Gasteiger partial charge in [-0.25, -0.2) is 4.39 Å². The Labute approximate surface area is 242 Å². The van der Waals surface area contributed by atoms with E-state index >= 15 is 0 Å². The third-order valence-electron chi connectivity index (χ3n) is 9.45. The lowest BCUT2D eigenvalue weighted by molar-refractivity contribution is -0.138. The molecule has 5 rings (SSSR count). The highest BCUT2D eigenvalue weighted by atomic mass is 19.1. The predicted molar refractivity (Wildman–Crippen MR) is 155 cm³/mol. The standard InChI is InChI=1S/C29H47FN8O3/c1-37-12-14-38(15-13-37)29(40)19-6-8-20(9-7-19)41-23-10-11-33-17-22(23)35-28(39)24(26(31)32)27-34-16-21(30)25(36-27)18-4-2-3-5-18/h10-11,17-21,24-27,34,36H,2-9,12-16,31-32H2,1H3,(H,35,39)/t19-,20+,21?,24?,25?,27?. The molecule has 4 atom stereocenters. The van der Waals surface area contributed by atoms with Crippen LogP contribution in [0.3, 0.4) is 0 Å². The number of ether oxygens (including phenoxy) is 1. The Kier molecular flexibility index (Phi) is 10.1. The Morgan fingerprint density at radius 1 is 1.10 bits per heavy atom. The average molecular weight is 575 g/mol. The lowest BCUT2D eigenvalue weighted by atomic mass is 9.86. The van der Waals surface area contributed by atoms with Gasteiger partial charge in [0, 0.05) is 56.9 Å². The van der Waals surface area contributed by atoms with Crippen LogP contribution in [-0.4, -0.2) is 97.0 Å². The van der Waals surface area contributed by atoms with E-state index in [2.05, 4.69) is 32.9 Å². The van der Waals surface area contributed by atoms with Gasteiger partial charge in [-0.15, -0.1) is 0 Å². The molecular weight excluding hydrogens is 527 g/mol. The maximum absolute atomic E-state index is 14.8. The fourth-order valence-electron chi connectivity index (χ4n) is 6.95. The lowest BCUT2D eigenvalue weighted by Crippen LogP contribution is -2.68. The van der Waals surface area contributed by atoms with Gasteiger partial charge in [-0.3, -0.25) is 25.2 Å². The molecule has 7 N–H and O–H groups in total. The highest BCUT2D eigenvalue weighted by Crippen LogP contribution is 2.34. The van der Waals surface area contributed by atoms with Crippen molar-refractivity contribution < 1.29 is 18.7 Å². The Morgan fingerprint density at radius 3 is 2.49 bits per heavy atom. The van der Waals surface area contributed by atoms with Crippen molar-refractivity contribution in [1.29, 1.82) is 0 Å². The molecule has 1 aromatic heterocycles. The van der Waals surface area contributed by atoms with Crippen LogP contribution in [0.5, 0.6) is 5.75 Å². The summed E-state index contributed by atoms with van der Waals surface area (Å²) in [4.78, 5) is 35.0. The smallest absolute Gasteiger partial charge is 0.233 e. The largest absolute Gasteiger partial charge is 0.488 e. The van der Waals surface area contributed by atoms with E-state index in [9.17, 15) is 14.0 Å². The number of amides is 2. The van der Waals surface area contributed by atoms with E-state index in [0.717, 1.165) is 77.5 Å². The summed E-state index contributed by atoms with van der Waals surface area (Å²) in [6.45, 7) is 3.57. The quantitative estimate of drug-likeness (QED) is 0.287. The second kappa shape index (κ2) is 13.7. The summed E-state index contributed by atoms with van der Waals surface area (Å²) in [7, 11) is 2.08. The van der Waals surface area contributed by atoms with Crippen LogP contribution in [-0.2, 0) is 9.59 Å². The van der Waals surface area contributed by atoms with Gasteiger partial charge in [-0.1, -0.05) is 12.8 Å². The van der Waals surface area contributed by atoms with E-state index in [1.807, 2.05) is 4.90 Å². The monoisotopic (exact) mass is 574 g/mol. The van der Waals surface area contributed by atoms with Crippen LogP contribution in [0.2, 0.25) is 0 Å². The van der Waals surface area contributed by atoms with E-state index in [-0.39, 0.29) is 42.3 Å². The Balaban J connectivity index is 1.17. The molecule has 4 unspecified atom stereocenters. The maximum atomic E-state index is 14.8. The van der Waals surface area contributed by atoms with Gasteiger partial charge in [0.2, 0.25) is 11.8 Å². The van der Waals surface area contributed by atoms with Crippen LogP contribution in [0.15, 0.2) is 18.5 Å². The zero-order chi connectivity index (χ0) is 28.9. The summed E-state index contributed by atoms with van der Waals surface area (Å²) in [5.41, 5.74) is 12.6. The number of hydrogen-bond donors (Lipinski definition) is 5. The van der Waals surface area contributed by atoms with Crippen molar-refractivity contribution in [2.24, 2.45) is 29.2 Å². The molecule has 12 heteroatoms. The molecule has 0 bridgehead atoms. The minimum Gasteiger partial charge on any atom is -0.488 e. The van der Waals surface area contributed by atoms with Crippen molar-refractivity contribution in [3.05, 3.63) is 18.5 Å². The number of hydrogen-bond acceptors (Lipinski definition) is 9. The van der Waals surface area contributed by atoms with E-state index in [0.29, 0.717) is 11.4 Å². The number of piperazine rings is 1. The molecule has 0 radical (unpaired) electrons. The van der Waals surface area contributed by atoms with Crippen LogP contribution in [0.1, 0.15) is 51.4 Å². The number of alkyl halides is 1. The van der Waals surface area contributed by atoms with Gasteiger partial charge in [-0.2, -0.15) is 0 Å². The molecular formula is C29H47FN8O3. The third-order valence-corrected chi connectivity index (χ3v) is 9.45. The second-order valence-corrected chi connectivity index (χ2v) is 12.3. The number of nitrogens with zero attached hydrogens (tertiary/aromatic N) is 3. The molecule has 2 saturated heterocycles. The van der Waals surface area contributed by atoms with Gasteiger partial charge in [0.25, 0.3) is 0 Å². The number of carbonyl (C=O) groups excluding carboxylic acids is 2. The highest BCUT2D eigenvalue weighted by molar-refractivity contribution is 5.94. The number of nitrogens with one attached hydrogen (secondary N) is 3. The summed E-state index contributed by atoms with van der Waals surface area (Å²) in [6, 6.07) is 1.41. The zero-order valence-corrected chi connectivity index (χ0v) is 24.1. The number of likely N-dealkylation sites (N-methyl/N-ethyl adjacent to an activating group) is 1. The molecule has 11 nitrogen and oxygen atoms in total. The van der Waals surface area contributed by atoms with Crippen molar-refractivity contribution in [2.75, 3.05) is 45.1 Å². The molecule has 3 heterocycles. The first-order chi connectivity index (χ1) is 19.8. The summed E-state index contributed by atoms with van der Waals surface area (Å²) >= 11 is 0. The molecule has 41 heavy (non-hydrogen) atoms. The molecule has 4 fully saturated rings. The molecule has 0 aromatic carbocycles. The summed E-state index contributed by atoms with van der Waals surface area (Å²) in [5.74, 6) is -0.158. The third kappa shape index (κ3) is 7.34. The van der Waals surface area contributed by atoms with Gasteiger partial charge in [0.1, 0.15) is 17.6 Å². The van der Waals surface area contributed by atoms with Gasteiger partial charge in [-0.05, 0) is 51.5 Å². The number of nitrogens with two attached hydrogens (primary N) is 2. The van der Waals surface area contributed by atoms with Crippen molar-refractivity contribution in [3.8, 4) is 5.75 Å². The van der Waals surface area contributed by atoms with Crippen LogP contribution in [0, 0.1) is 17.8 Å². The van der Waals surface area contributed by atoms with Crippen LogP contribution >= 0.6 is 0 Å². The molecule has 1 aromatic rings. The Hall–Kier alpha value is -2.38. The van der Waals surface area contributed by atoms with E-state index in [1.165, 1.54) is 0 Å². The fraction of sp³-hybridized carbons (Fsp3) is 0.759. The highest BCUT2D eigenvalue weighted by Gasteiger charge is 2.42. The molecule has 228 valence electrons. The van der Waals surface area contributed by atoms with Crippen LogP contribution in [0.25, 0.3) is 0 Å². The van der Waals surface area contributed by atoms with Crippen molar-refractivity contribution in [2.45, 2.75) is 82.0 Å². The molecule has 2 aliphatic heterocycles. The average Bonchev–Trinajstić information content (AvgIpc) is 3.50. The first-order valence-corrected chi connectivity index (χ1v) is 15.3. The van der Waals surface area contributed by atoms with Gasteiger partial charge >= 0.3 is 0 Å². The normalized spacial score (nSPS) is 30.8. The summed E-state index contributed by atoms with van der Waals surface area (Å²) in [6.07, 6.45) is 7.83. The van der Waals surface area contributed by atoms with Crippen LogP contribution < -0.4 is 32.2 Å². The number of anilines is 1. The van der Waals surface area contributed by atoms with Crippen molar-refractivity contribution >= 4 is 17.5 Å². The fourth-order valence-corrected chi connectivity index (χ4v) is 6.95. The molecule has 4 aliphatic rings. The first kappa shape index (κ1) is 30.1. The zero-order valence-electron chi connectivity index (χ0n) is 24.1. The van der Waals surface area contributed by atoms with Gasteiger partial charge < -0.3 is 31.3 Å². The first-order valence-electron chi connectivity index (χ1n) is 15.3. The van der Waals surface area contributed by atoms with E-state index < -0.39 is 24.4 Å². The number of carbonyl (C=O) groups is 2. The summed E-state index contributed by atoms with van der Waals surface area (Å²) in [5, 5.41) is 9.35. The van der Waals surface area contributed by atoms with Crippen molar-refractivity contribution in [1.82, 2.24) is 25.4 Å². The minimum atomic E-state index is -1.03. The minimum absolute atomic E-state index is 0.0362. The molecule has 2 aliphatic carbocycles. The van der Waals surface area contributed by atoms with Crippen LogP contribution in [0.4, 0.5) is 10.1 Å². The molecule has 2 saturated carbocycles. The topological polar surface area (TPSA) is 151 Å². The lowest BCUT2D eigenvalue weighted by Gasteiger charge is -2.41. The van der Waals surface area contributed by atoms with Gasteiger partial charge in [0.15, 0.2) is 0 Å². The van der Waals surface area contributed by atoms with E-state index in [4.69, 9.17) is 16.2 Å². The van der Waals surface area contributed by atoms with Gasteiger partial charge in [0.05, 0.1) is 30.6 Å². The molecule has 2 amide bonds. The van der Waals surface area contributed by atoms with Crippen molar-refractivity contribution in [3.63, 3.8) is 0 Å². The number of halogens is 1.